The zero-order valence-corrected chi connectivity index (χ0v) is 15.2. The number of halogens is 2. The number of hydrogen-bond donors (Lipinski definition) is 1. The maximum atomic E-state index is 5.32. The van der Waals surface area contributed by atoms with Crippen LogP contribution in [0.3, 0.4) is 0 Å². The van der Waals surface area contributed by atoms with Crippen molar-refractivity contribution < 1.29 is 9.47 Å². The Bertz CT molecular complexity index is 593. The molecule has 3 nitrogen and oxygen atoms in total. The van der Waals surface area contributed by atoms with Crippen molar-refractivity contribution in [1.82, 2.24) is 5.32 Å². The number of methoxy groups -OCH3 is 2. The summed E-state index contributed by atoms with van der Waals surface area (Å²) in [5.74, 6) is 1.55. The molecule has 0 bridgehead atoms. The molecule has 0 saturated carbocycles. The van der Waals surface area contributed by atoms with Crippen molar-refractivity contribution in [3.05, 3.63) is 58.1 Å². The van der Waals surface area contributed by atoms with Crippen LogP contribution in [0, 0.1) is 0 Å². The second-order valence-electron chi connectivity index (χ2n) is 4.75. The lowest BCUT2D eigenvalue weighted by Crippen LogP contribution is -2.16. The second kappa shape index (κ2) is 9.72. The van der Waals surface area contributed by atoms with Gasteiger partial charge in [0, 0.05) is 11.0 Å². The molecule has 0 aromatic heterocycles. The molecule has 2 aromatic rings. The van der Waals surface area contributed by atoms with Gasteiger partial charge in [0.1, 0.15) is 0 Å². The minimum Gasteiger partial charge on any atom is -0.493 e. The van der Waals surface area contributed by atoms with Crippen molar-refractivity contribution in [1.29, 1.82) is 0 Å². The Balaban J connectivity index is 0.00000242. The fourth-order valence-corrected chi connectivity index (χ4v) is 2.60. The highest BCUT2D eigenvalue weighted by atomic mass is 79.9. The summed E-state index contributed by atoms with van der Waals surface area (Å²) in [5, 5.41) is 3.45. The molecule has 0 unspecified atom stereocenters. The first-order valence-corrected chi connectivity index (χ1v) is 7.68. The Morgan fingerprint density at radius 2 is 1.73 bits per heavy atom. The second-order valence-corrected chi connectivity index (χ2v) is 5.66. The van der Waals surface area contributed by atoms with Crippen molar-refractivity contribution in [2.24, 2.45) is 0 Å². The Labute approximate surface area is 146 Å². The summed E-state index contributed by atoms with van der Waals surface area (Å²) in [7, 11) is 3.31. The number of hydrogen-bond acceptors (Lipinski definition) is 3. The van der Waals surface area contributed by atoms with Crippen molar-refractivity contribution in [3.63, 3.8) is 0 Å². The molecule has 0 amide bonds. The average Bonchev–Trinajstić information content (AvgIpc) is 2.51. The Kier molecular flexibility index (Phi) is 8.31. The average molecular weight is 387 g/mol. The van der Waals surface area contributed by atoms with Crippen molar-refractivity contribution in [2.45, 2.75) is 13.0 Å². The van der Waals surface area contributed by atoms with Crippen LogP contribution in [0.2, 0.25) is 0 Å². The summed E-state index contributed by atoms with van der Waals surface area (Å²) in [6.07, 6.45) is 0.953. The molecule has 0 atom stereocenters. The molecule has 5 heteroatoms. The fraction of sp³-hybridized carbons (Fsp3) is 0.294. The topological polar surface area (TPSA) is 30.5 Å². The van der Waals surface area contributed by atoms with E-state index >= 15 is 0 Å². The van der Waals surface area contributed by atoms with Crippen LogP contribution in [-0.2, 0) is 13.0 Å². The van der Waals surface area contributed by atoms with Gasteiger partial charge in [0.05, 0.1) is 14.2 Å². The summed E-state index contributed by atoms with van der Waals surface area (Å²) in [6.45, 7) is 1.79. The van der Waals surface area contributed by atoms with Gasteiger partial charge in [-0.25, -0.2) is 0 Å². The van der Waals surface area contributed by atoms with Crippen LogP contribution < -0.4 is 14.8 Å². The lowest BCUT2D eigenvalue weighted by molar-refractivity contribution is 0.354. The third kappa shape index (κ3) is 5.52. The van der Waals surface area contributed by atoms with Crippen molar-refractivity contribution in [2.75, 3.05) is 20.8 Å². The highest BCUT2D eigenvalue weighted by Gasteiger charge is 2.04. The van der Waals surface area contributed by atoms with E-state index in [4.69, 9.17) is 9.47 Å². The third-order valence-electron chi connectivity index (χ3n) is 3.26. The first-order chi connectivity index (χ1) is 10.2. The molecule has 1 N–H and O–H groups in total. The lowest BCUT2D eigenvalue weighted by atomic mass is 10.1. The largest absolute Gasteiger partial charge is 0.493 e. The van der Waals surface area contributed by atoms with Gasteiger partial charge in [0.2, 0.25) is 0 Å². The van der Waals surface area contributed by atoms with E-state index < -0.39 is 0 Å². The Morgan fingerprint density at radius 3 is 2.41 bits per heavy atom. The quantitative estimate of drug-likeness (QED) is 0.723. The maximum Gasteiger partial charge on any atom is 0.160 e. The molecule has 22 heavy (non-hydrogen) atoms. The summed E-state index contributed by atoms with van der Waals surface area (Å²) in [5.41, 5.74) is 2.51. The highest BCUT2D eigenvalue weighted by Crippen LogP contribution is 2.27. The minimum atomic E-state index is 0. The van der Waals surface area contributed by atoms with E-state index in [-0.39, 0.29) is 12.4 Å². The normalized spacial score (nSPS) is 9.95. The summed E-state index contributed by atoms with van der Waals surface area (Å²) in [6, 6.07) is 14.4. The summed E-state index contributed by atoms with van der Waals surface area (Å²) < 4.78 is 11.7. The van der Waals surface area contributed by atoms with E-state index in [1.54, 1.807) is 14.2 Å². The van der Waals surface area contributed by atoms with Crippen molar-refractivity contribution in [3.8, 4) is 11.5 Å². The third-order valence-corrected chi connectivity index (χ3v) is 3.75. The van der Waals surface area contributed by atoms with E-state index in [9.17, 15) is 0 Å². The van der Waals surface area contributed by atoms with E-state index in [0.29, 0.717) is 0 Å². The van der Waals surface area contributed by atoms with Crippen LogP contribution in [0.4, 0.5) is 0 Å². The van der Waals surface area contributed by atoms with Gasteiger partial charge in [-0.05, 0) is 48.4 Å². The predicted octanol–water partition coefficient (Wildman–Crippen LogP) is 4.22. The molecular weight excluding hydrogens is 366 g/mol. The molecule has 120 valence electrons. The molecular formula is C17H21BrClNO2. The fourth-order valence-electron chi connectivity index (χ4n) is 2.15. The number of nitrogens with one attached hydrogen (secondary N) is 1. The number of benzene rings is 2. The summed E-state index contributed by atoms with van der Waals surface area (Å²) in [4.78, 5) is 0. The molecule has 0 aliphatic heterocycles. The van der Waals surface area contributed by atoms with Gasteiger partial charge in [0.25, 0.3) is 0 Å². The van der Waals surface area contributed by atoms with Gasteiger partial charge in [-0.2, -0.15) is 0 Å². The molecule has 0 aliphatic rings. The van der Waals surface area contributed by atoms with Gasteiger partial charge >= 0.3 is 0 Å². The van der Waals surface area contributed by atoms with Gasteiger partial charge in [-0.3, -0.25) is 0 Å². The zero-order chi connectivity index (χ0) is 15.1. The van der Waals surface area contributed by atoms with Crippen LogP contribution >= 0.6 is 28.3 Å². The minimum absolute atomic E-state index is 0. The van der Waals surface area contributed by atoms with Crippen LogP contribution in [0.5, 0.6) is 11.5 Å². The lowest BCUT2D eigenvalue weighted by Gasteiger charge is -2.10. The van der Waals surface area contributed by atoms with E-state index in [0.717, 1.165) is 35.5 Å². The van der Waals surface area contributed by atoms with Crippen molar-refractivity contribution >= 4 is 28.3 Å². The Morgan fingerprint density at radius 1 is 0.955 bits per heavy atom. The standard InChI is InChI=1S/C17H20BrNO2.ClH/c1-20-16-7-6-13(11-17(16)21-2)8-9-19-12-14-4-3-5-15(18)10-14;/h3-7,10-11,19H,8-9,12H2,1-2H3;1H. The molecule has 0 radical (unpaired) electrons. The number of ether oxygens (including phenoxy) is 2. The molecule has 2 rings (SSSR count). The van der Waals surface area contributed by atoms with Gasteiger partial charge in [-0.15, -0.1) is 12.4 Å². The number of rotatable bonds is 7. The van der Waals surface area contributed by atoms with Crippen LogP contribution in [-0.4, -0.2) is 20.8 Å². The van der Waals surface area contributed by atoms with Gasteiger partial charge < -0.3 is 14.8 Å². The maximum absolute atomic E-state index is 5.32. The first-order valence-electron chi connectivity index (χ1n) is 6.89. The van der Waals surface area contributed by atoms with Crippen LogP contribution in [0.15, 0.2) is 46.9 Å². The van der Waals surface area contributed by atoms with E-state index in [2.05, 4.69) is 45.5 Å². The highest BCUT2D eigenvalue weighted by molar-refractivity contribution is 9.10. The predicted molar refractivity (Wildman–Crippen MR) is 96.3 cm³/mol. The first kappa shape index (κ1) is 18.8. The Hall–Kier alpha value is -1.23. The SMILES string of the molecule is COc1ccc(CCNCc2cccc(Br)c2)cc1OC.Cl. The molecule has 0 heterocycles. The molecule has 2 aromatic carbocycles. The zero-order valence-electron chi connectivity index (χ0n) is 12.8. The van der Waals surface area contributed by atoms with Crippen LogP contribution in [0.25, 0.3) is 0 Å². The smallest absolute Gasteiger partial charge is 0.160 e. The monoisotopic (exact) mass is 385 g/mol. The molecule has 0 spiro atoms. The molecule has 0 fully saturated rings. The van der Waals surface area contributed by atoms with E-state index in [1.807, 2.05) is 18.2 Å². The van der Waals surface area contributed by atoms with Gasteiger partial charge in [-0.1, -0.05) is 34.1 Å². The van der Waals surface area contributed by atoms with E-state index in [1.165, 1.54) is 11.1 Å². The van der Waals surface area contributed by atoms with Crippen LogP contribution in [0.1, 0.15) is 11.1 Å². The molecule has 0 saturated heterocycles. The summed E-state index contributed by atoms with van der Waals surface area (Å²) >= 11 is 3.48. The molecule has 0 aliphatic carbocycles. The van der Waals surface area contributed by atoms with Gasteiger partial charge in [0.15, 0.2) is 11.5 Å².